The van der Waals surface area contributed by atoms with E-state index in [0.29, 0.717) is 13.1 Å². The lowest BCUT2D eigenvalue weighted by Gasteiger charge is -2.16. The summed E-state index contributed by atoms with van der Waals surface area (Å²) in [6, 6.07) is 12.4. The molecule has 2 aromatic carbocycles. The van der Waals surface area contributed by atoms with E-state index in [1.54, 1.807) is 18.6 Å². The molecule has 0 saturated heterocycles. The second-order valence-electron chi connectivity index (χ2n) is 6.51. The van der Waals surface area contributed by atoms with Crippen molar-refractivity contribution in [2.45, 2.75) is 13.2 Å². The summed E-state index contributed by atoms with van der Waals surface area (Å²) in [4.78, 5) is 4.39. The second-order valence-corrected chi connectivity index (χ2v) is 6.51. The number of phenols is 1. The topological polar surface area (TPSA) is 67.0 Å². The molecule has 0 aliphatic carbocycles. The average molecular weight is 396 g/mol. The molecule has 1 aliphatic rings. The Bertz CT molecular complexity index is 1060. The SMILES string of the molecule is Oc1cc(CN/C=C2\CN=Cc3ccc(-c4ccoc4)cc32)ccc1OC(F)F. The molecule has 0 radical (unpaired) electrons. The van der Waals surface area contributed by atoms with Gasteiger partial charge in [-0.15, -0.1) is 0 Å². The van der Waals surface area contributed by atoms with Crippen molar-refractivity contribution in [3.63, 3.8) is 0 Å². The quantitative estimate of drug-likeness (QED) is 0.627. The summed E-state index contributed by atoms with van der Waals surface area (Å²) in [6.07, 6.45) is 7.08. The Balaban J connectivity index is 1.49. The molecule has 148 valence electrons. The third-order valence-corrected chi connectivity index (χ3v) is 4.57. The molecule has 5 nitrogen and oxygen atoms in total. The number of halogens is 2. The Kier molecular flexibility index (Phi) is 5.29. The number of nitrogens with zero attached hydrogens (tertiary/aromatic N) is 1. The third kappa shape index (κ3) is 4.29. The molecule has 0 unspecified atom stereocenters. The van der Waals surface area contributed by atoms with Gasteiger partial charge in [-0.2, -0.15) is 8.78 Å². The van der Waals surface area contributed by atoms with Gasteiger partial charge in [0.15, 0.2) is 11.5 Å². The lowest BCUT2D eigenvalue weighted by molar-refractivity contribution is -0.0512. The maximum atomic E-state index is 12.3. The monoisotopic (exact) mass is 396 g/mol. The predicted octanol–water partition coefficient (Wildman–Crippen LogP) is 4.82. The van der Waals surface area contributed by atoms with E-state index in [2.05, 4.69) is 21.1 Å². The lowest BCUT2D eigenvalue weighted by Crippen LogP contribution is -2.10. The predicted molar refractivity (Wildman–Crippen MR) is 106 cm³/mol. The van der Waals surface area contributed by atoms with Gasteiger partial charge in [0, 0.05) is 24.5 Å². The highest BCUT2D eigenvalue weighted by molar-refractivity contribution is 5.93. The Hall–Kier alpha value is -3.61. The van der Waals surface area contributed by atoms with Gasteiger partial charge in [0.1, 0.15) is 0 Å². The smallest absolute Gasteiger partial charge is 0.387 e. The number of alkyl halides is 2. The fourth-order valence-electron chi connectivity index (χ4n) is 3.17. The number of aromatic hydroxyl groups is 1. The minimum Gasteiger partial charge on any atom is -0.504 e. The first-order valence-electron chi connectivity index (χ1n) is 8.96. The average Bonchev–Trinajstić information content (AvgIpc) is 3.24. The Morgan fingerprint density at radius 2 is 2.07 bits per heavy atom. The van der Waals surface area contributed by atoms with E-state index in [9.17, 15) is 13.9 Å². The number of hydrogen-bond donors (Lipinski definition) is 2. The summed E-state index contributed by atoms with van der Waals surface area (Å²) >= 11 is 0. The summed E-state index contributed by atoms with van der Waals surface area (Å²) in [7, 11) is 0. The zero-order valence-electron chi connectivity index (χ0n) is 15.3. The number of fused-ring (bicyclic) bond motifs is 1. The van der Waals surface area contributed by atoms with Gasteiger partial charge in [-0.1, -0.05) is 18.2 Å². The first kappa shape index (κ1) is 18.7. The normalized spacial score (nSPS) is 14.2. The van der Waals surface area contributed by atoms with Crippen LogP contribution < -0.4 is 10.1 Å². The number of hydrogen-bond acceptors (Lipinski definition) is 5. The zero-order valence-corrected chi connectivity index (χ0v) is 15.3. The maximum absolute atomic E-state index is 12.3. The zero-order chi connectivity index (χ0) is 20.2. The molecule has 0 bridgehead atoms. The highest BCUT2D eigenvalue weighted by Gasteiger charge is 2.13. The fraction of sp³-hybridized carbons (Fsp3) is 0.136. The van der Waals surface area contributed by atoms with Crippen molar-refractivity contribution >= 4 is 11.8 Å². The largest absolute Gasteiger partial charge is 0.504 e. The molecular weight excluding hydrogens is 378 g/mol. The first-order chi connectivity index (χ1) is 14.1. The van der Waals surface area contributed by atoms with Gasteiger partial charge in [0.05, 0.1) is 19.1 Å². The van der Waals surface area contributed by atoms with E-state index in [-0.39, 0.29) is 11.5 Å². The van der Waals surface area contributed by atoms with Crippen LogP contribution in [0, 0.1) is 0 Å². The van der Waals surface area contributed by atoms with E-state index in [1.165, 1.54) is 12.1 Å². The number of benzene rings is 2. The van der Waals surface area contributed by atoms with Crippen LogP contribution in [0.5, 0.6) is 11.5 Å². The van der Waals surface area contributed by atoms with Crippen LogP contribution in [0.4, 0.5) is 8.78 Å². The number of furan rings is 1. The number of phenolic OH excluding ortho intramolecular Hbond substituents is 1. The number of nitrogens with one attached hydrogen (secondary N) is 1. The van der Waals surface area contributed by atoms with Crippen LogP contribution in [0.1, 0.15) is 16.7 Å². The molecule has 29 heavy (non-hydrogen) atoms. The lowest BCUT2D eigenvalue weighted by atomic mass is 9.94. The number of rotatable bonds is 6. The van der Waals surface area contributed by atoms with Gasteiger partial charge in [0.2, 0.25) is 0 Å². The van der Waals surface area contributed by atoms with Gasteiger partial charge in [-0.05, 0) is 52.1 Å². The standard InChI is InChI=1S/C22H18F2N2O3/c23-22(24)29-21-4-1-14(7-20(21)27)9-25-11-18-12-26-10-16-3-2-15(8-19(16)18)17-5-6-28-13-17/h1-8,10-11,13,22,25,27H,9,12H2/b18-11+. The maximum Gasteiger partial charge on any atom is 0.387 e. The van der Waals surface area contributed by atoms with Crippen LogP contribution in [-0.4, -0.2) is 24.5 Å². The highest BCUT2D eigenvalue weighted by Crippen LogP contribution is 2.30. The van der Waals surface area contributed by atoms with E-state index in [4.69, 9.17) is 4.42 Å². The minimum absolute atomic E-state index is 0.246. The molecule has 0 fully saturated rings. The second kappa shape index (κ2) is 8.18. The van der Waals surface area contributed by atoms with Crippen molar-refractivity contribution in [3.8, 4) is 22.6 Å². The third-order valence-electron chi connectivity index (χ3n) is 4.57. The molecule has 0 saturated carbocycles. The van der Waals surface area contributed by atoms with Crippen LogP contribution in [0.15, 0.2) is 70.6 Å². The summed E-state index contributed by atoms with van der Waals surface area (Å²) in [6.45, 7) is -2.03. The summed E-state index contributed by atoms with van der Waals surface area (Å²) in [5.74, 6) is -0.570. The summed E-state index contributed by atoms with van der Waals surface area (Å²) in [5.41, 5.74) is 5.92. The van der Waals surface area contributed by atoms with Crippen LogP contribution in [0.3, 0.4) is 0 Å². The Labute approximate surface area is 166 Å². The van der Waals surface area contributed by atoms with E-state index in [1.807, 2.05) is 30.6 Å². The van der Waals surface area contributed by atoms with Crippen molar-refractivity contribution < 1.29 is 23.0 Å². The molecular formula is C22H18F2N2O3. The molecule has 2 heterocycles. The van der Waals surface area contributed by atoms with Crippen molar-refractivity contribution in [1.29, 1.82) is 0 Å². The van der Waals surface area contributed by atoms with E-state index >= 15 is 0 Å². The Morgan fingerprint density at radius 3 is 2.83 bits per heavy atom. The van der Waals surface area contributed by atoms with Crippen molar-refractivity contribution in [2.75, 3.05) is 6.54 Å². The molecule has 7 heteroatoms. The van der Waals surface area contributed by atoms with Crippen molar-refractivity contribution in [2.24, 2.45) is 4.99 Å². The summed E-state index contributed by atoms with van der Waals surface area (Å²) < 4.78 is 34.0. The van der Waals surface area contributed by atoms with Gasteiger partial charge < -0.3 is 19.6 Å². The number of aliphatic imine (C=N–C) groups is 1. The van der Waals surface area contributed by atoms with Gasteiger partial charge in [-0.3, -0.25) is 4.99 Å². The Morgan fingerprint density at radius 1 is 1.17 bits per heavy atom. The van der Waals surface area contributed by atoms with E-state index < -0.39 is 6.61 Å². The van der Waals surface area contributed by atoms with Crippen LogP contribution in [0.25, 0.3) is 16.7 Å². The molecule has 1 aliphatic heterocycles. The van der Waals surface area contributed by atoms with Crippen LogP contribution in [-0.2, 0) is 6.54 Å². The molecule has 0 spiro atoms. The van der Waals surface area contributed by atoms with Crippen molar-refractivity contribution in [3.05, 3.63) is 77.9 Å². The molecule has 2 N–H and O–H groups in total. The van der Waals surface area contributed by atoms with Gasteiger partial charge in [-0.25, -0.2) is 0 Å². The van der Waals surface area contributed by atoms with Crippen LogP contribution >= 0.6 is 0 Å². The van der Waals surface area contributed by atoms with Crippen molar-refractivity contribution in [1.82, 2.24) is 5.32 Å². The van der Waals surface area contributed by atoms with Crippen LogP contribution in [0.2, 0.25) is 0 Å². The highest BCUT2D eigenvalue weighted by atomic mass is 19.3. The first-order valence-corrected chi connectivity index (χ1v) is 8.96. The van der Waals surface area contributed by atoms with Gasteiger partial charge >= 0.3 is 6.61 Å². The summed E-state index contributed by atoms with van der Waals surface area (Å²) in [5, 5.41) is 13.0. The molecule has 1 aromatic heterocycles. The molecule has 0 amide bonds. The molecule has 4 rings (SSSR count). The van der Waals surface area contributed by atoms with Gasteiger partial charge in [0.25, 0.3) is 0 Å². The minimum atomic E-state index is -2.98. The molecule has 0 atom stereocenters. The number of ether oxygens (including phenoxy) is 1. The van der Waals surface area contributed by atoms with E-state index in [0.717, 1.165) is 33.4 Å². The fourth-order valence-corrected chi connectivity index (χ4v) is 3.17. The molecule has 3 aromatic rings.